The van der Waals surface area contributed by atoms with E-state index in [9.17, 15) is 4.79 Å². The van der Waals surface area contributed by atoms with Crippen molar-refractivity contribution in [2.45, 2.75) is 113 Å². The first-order valence-electron chi connectivity index (χ1n) is 14.0. The smallest absolute Gasteiger partial charge is 0.302 e. The zero-order valence-corrected chi connectivity index (χ0v) is 22.7. The maximum atomic E-state index is 11.5. The Bertz CT molecular complexity index is 806. The molecule has 0 aliphatic heterocycles. The first-order chi connectivity index (χ1) is 15.5. The lowest BCUT2D eigenvalue weighted by Gasteiger charge is -2.58. The average molecular weight is 455 g/mol. The van der Waals surface area contributed by atoms with Gasteiger partial charge in [-0.05, 0) is 104 Å². The molecule has 4 aliphatic carbocycles. The van der Waals surface area contributed by atoms with Gasteiger partial charge in [0, 0.05) is 13.3 Å². The minimum Gasteiger partial charge on any atom is -0.462 e. The van der Waals surface area contributed by atoms with Crippen molar-refractivity contribution in [3.63, 3.8) is 0 Å². The average Bonchev–Trinajstić information content (AvgIpc) is 3.10. The monoisotopic (exact) mass is 454 g/mol. The molecule has 186 valence electrons. The molecule has 9 atom stereocenters. The topological polar surface area (TPSA) is 26.3 Å². The van der Waals surface area contributed by atoms with Crippen molar-refractivity contribution in [1.29, 1.82) is 0 Å². The van der Waals surface area contributed by atoms with Crippen LogP contribution in [0.25, 0.3) is 0 Å². The Hall–Kier alpha value is -1.05. The van der Waals surface area contributed by atoms with E-state index in [1.54, 1.807) is 18.1 Å². The number of esters is 1. The summed E-state index contributed by atoms with van der Waals surface area (Å²) in [6.07, 6.45) is 15.4. The fourth-order valence-electron chi connectivity index (χ4n) is 9.08. The molecule has 33 heavy (non-hydrogen) atoms. The molecule has 2 nitrogen and oxygen atoms in total. The van der Waals surface area contributed by atoms with Gasteiger partial charge in [0.05, 0.1) is 0 Å². The molecule has 0 radical (unpaired) electrons. The molecule has 3 saturated carbocycles. The van der Waals surface area contributed by atoms with Crippen LogP contribution in [0.1, 0.15) is 107 Å². The van der Waals surface area contributed by atoms with E-state index in [1.807, 2.05) is 0 Å². The third-order valence-electron chi connectivity index (χ3n) is 11.3. The van der Waals surface area contributed by atoms with Gasteiger partial charge < -0.3 is 4.74 Å². The molecule has 0 bridgehead atoms. The largest absolute Gasteiger partial charge is 0.462 e. The van der Waals surface area contributed by atoms with Gasteiger partial charge in [-0.1, -0.05) is 64.8 Å². The maximum absolute atomic E-state index is 11.5. The second kappa shape index (κ2) is 9.19. The predicted molar refractivity (Wildman–Crippen MR) is 138 cm³/mol. The highest BCUT2D eigenvalue weighted by Gasteiger charge is 2.59. The molecule has 0 amide bonds. The Morgan fingerprint density at radius 2 is 1.76 bits per heavy atom. The number of fused-ring (bicyclic) bond motifs is 5. The molecule has 4 aliphatic rings. The van der Waals surface area contributed by atoms with Crippen LogP contribution in [-0.4, -0.2) is 12.1 Å². The van der Waals surface area contributed by atoms with Gasteiger partial charge in [-0.25, -0.2) is 0 Å². The molecule has 0 spiro atoms. The highest BCUT2D eigenvalue weighted by molar-refractivity contribution is 5.66. The van der Waals surface area contributed by atoms with Gasteiger partial charge in [0.15, 0.2) is 0 Å². The highest BCUT2D eigenvalue weighted by Crippen LogP contribution is 2.67. The summed E-state index contributed by atoms with van der Waals surface area (Å²) in [5.74, 6) is 5.33. The molecule has 4 rings (SSSR count). The van der Waals surface area contributed by atoms with Crippen molar-refractivity contribution in [3.8, 4) is 0 Å². The minimum absolute atomic E-state index is 0.104. The van der Waals surface area contributed by atoms with Gasteiger partial charge in [-0.3, -0.25) is 4.79 Å². The zero-order chi connectivity index (χ0) is 24.1. The van der Waals surface area contributed by atoms with Gasteiger partial charge in [-0.15, -0.1) is 0 Å². The number of hydrogen-bond acceptors (Lipinski definition) is 2. The fraction of sp³-hybridized carbons (Fsp3) is 0.839. The standard InChI is InChI=1S/C31H50O2/c1-19(2)22(5)20(3)17-21(4)27-11-12-28-26-10-9-24-18-25(33-23(6)32)13-15-30(24,7)29(26)14-16-31(27,28)8/h9,17,19,21-22,25-29H,10-16,18H2,1-8H3/b20-17+/t21-,22?,25-,26?,27?,28?,29?,30-,31+/m0/s1. The summed E-state index contributed by atoms with van der Waals surface area (Å²) in [6, 6.07) is 0. The summed E-state index contributed by atoms with van der Waals surface area (Å²) in [5, 5.41) is 0. The number of hydrogen-bond donors (Lipinski definition) is 0. The van der Waals surface area contributed by atoms with Crippen molar-refractivity contribution < 1.29 is 9.53 Å². The summed E-state index contributed by atoms with van der Waals surface area (Å²) in [4.78, 5) is 11.5. The van der Waals surface area contributed by atoms with Crippen LogP contribution in [-0.2, 0) is 9.53 Å². The van der Waals surface area contributed by atoms with Crippen LogP contribution in [0.3, 0.4) is 0 Å². The Morgan fingerprint density at radius 3 is 2.42 bits per heavy atom. The van der Waals surface area contributed by atoms with Crippen molar-refractivity contribution in [2.24, 2.45) is 52.3 Å². The summed E-state index contributed by atoms with van der Waals surface area (Å²) < 4.78 is 5.62. The lowest BCUT2D eigenvalue weighted by atomic mass is 9.47. The van der Waals surface area contributed by atoms with E-state index in [4.69, 9.17) is 4.74 Å². The van der Waals surface area contributed by atoms with Gasteiger partial charge in [-0.2, -0.15) is 0 Å². The summed E-state index contributed by atoms with van der Waals surface area (Å²) in [5.41, 5.74) is 4.03. The molecule has 0 N–H and O–H groups in total. The van der Waals surface area contributed by atoms with Gasteiger partial charge in [0.25, 0.3) is 0 Å². The van der Waals surface area contributed by atoms with Crippen molar-refractivity contribution in [1.82, 2.24) is 0 Å². The molecular formula is C31H50O2. The molecule has 0 aromatic heterocycles. The van der Waals surface area contributed by atoms with Crippen LogP contribution in [0.5, 0.6) is 0 Å². The van der Waals surface area contributed by atoms with Crippen molar-refractivity contribution >= 4 is 5.97 Å². The first-order valence-corrected chi connectivity index (χ1v) is 14.0. The molecule has 0 aromatic carbocycles. The molecule has 0 aromatic rings. The van der Waals surface area contributed by atoms with Crippen LogP contribution >= 0.6 is 0 Å². The van der Waals surface area contributed by atoms with Gasteiger partial charge in [0.2, 0.25) is 0 Å². The fourth-order valence-corrected chi connectivity index (χ4v) is 9.08. The second-order valence-electron chi connectivity index (χ2n) is 13.3. The van der Waals surface area contributed by atoms with Gasteiger partial charge in [0.1, 0.15) is 6.10 Å². The number of allylic oxidation sites excluding steroid dienone is 3. The lowest BCUT2D eigenvalue weighted by molar-refractivity contribution is -0.148. The van der Waals surface area contributed by atoms with Crippen molar-refractivity contribution in [2.75, 3.05) is 0 Å². The Morgan fingerprint density at radius 1 is 1.03 bits per heavy atom. The molecule has 0 saturated heterocycles. The van der Waals surface area contributed by atoms with E-state index in [1.165, 1.54) is 38.5 Å². The molecule has 3 fully saturated rings. The molecular weight excluding hydrogens is 404 g/mol. The molecule has 0 heterocycles. The third kappa shape index (κ3) is 4.38. The predicted octanol–water partition coefficient (Wildman–Crippen LogP) is 8.37. The van der Waals surface area contributed by atoms with E-state index >= 15 is 0 Å². The number of rotatable bonds is 5. The normalized spacial score (nSPS) is 42.6. The van der Waals surface area contributed by atoms with Crippen LogP contribution < -0.4 is 0 Å². The number of ether oxygens (including phenoxy) is 1. The second-order valence-corrected chi connectivity index (χ2v) is 13.3. The SMILES string of the molecule is CC(=O)O[C@H]1CC[C@@]2(C)C(=CCC3C4CCC([C@@H](C)/C=C(\C)C(C)C(C)C)[C@@]4(C)CCC32)C1. The first kappa shape index (κ1) is 25.1. The summed E-state index contributed by atoms with van der Waals surface area (Å²) in [7, 11) is 0. The van der Waals surface area contributed by atoms with Crippen LogP contribution in [0.15, 0.2) is 23.3 Å². The minimum atomic E-state index is -0.121. The third-order valence-corrected chi connectivity index (χ3v) is 11.3. The Balaban J connectivity index is 1.52. The van der Waals surface area contributed by atoms with Gasteiger partial charge >= 0.3 is 5.97 Å². The quantitative estimate of drug-likeness (QED) is 0.308. The highest BCUT2D eigenvalue weighted by atomic mass is 16.5. The van der Waals surface area contributed by atoms with E-state index in [-0.39, 0.29) is 12.1 Å². The Labute approximate surface area is 204 Å². The summed E-state index contributed by atoms with van der Waals surface area (Å²) in [6.45, 7) is 18.8. The van der Waals surface area contributed by atoms with E-state index < -0.39 is 0 Å². The van der Waals surface area contributed by atoms with Crippen LogP contribution in [0.4, 0.5) is 0 Å². The van der Waals surface area contributed by atoms with Crippen LogP contribution in [0, 0.1) is 52.3 Å². The Kier molecular flexibility index (Phi) is 6.98. The molecule has 5 unspecified atom stereocenters. The van der Waals surface area contributed by atoms with E-state index in [0.717, 1.165) is 42.4 Å². The molecule has 2 heteroatoms. The maximum Gasteiger partial charge on any atom is 0.302 e. The lowest BCUT2D eigenvalue weighted by Crippen LogP contribution is -2.51. The van der Waals surface area contributed by atoms with Crippen LogP contribution in [0.2, 0.25) is 0 Å². The van der Waals surface area contributed by atoms with E-state index in [0.29, 0.717) is 22.7 Å². The zero-order valence-electron chi connectivity index (χ0n) is 22.7. The number of carbonyl (C=O) groups is 1. The van der Waals surface area contributed by atoms with E-state index in [2.05, 4.69) is 60.6 Å². The number of carbonyl (C=O) groups excluding carboxylic acids is 1. The summed E-state index contributed by atoms with van der Waals surface area (Å²) >= 11 is 0. The van der Waals surface area contributed by atoms with Crippen molar-refractivity contribution in [3.05, 3.63) is 23.3 Å².